The van der Waals surface area contributed by atoms with Gasteiger partial charge in [0.05, 0.1) is 24.1 Å². The van der Waals surface area contributed by atoms with Crippen molar-refractivity contribution in [3.8, 4) is 33.8 Å². The minimum atomic E-state index is -0.978. The average molecular weight is 511 g/mol. The van der Waals surface area contributed by atoms with Crippen LogP contribution in [0.4, 0.5) is 0 Å². The van der Waals surface area contributed by atoms with E-state index >= 15 is 0 Å². The van der Waals surface area contributed by atoms with Gasteiger partial charge in [-0.2, -0.15) is 0 Å². The average Bonchev–Trinajstić information content (AvgIpc) is 3.47. The third-order valence-electron chi connectivity index (χ3n) is 7.14. The summed E-state index contributed by atoms with van der Waals surface area (Å²) in [5, 5.41) is 21.8. The Balaban J connectivity index is 1.36. The van der Waals surface area contributed by atoms with Crippen molar-refractivity contribution < 1.29 is 14.6 Å². The fourth-order valence-corrected chi connectivity index (χ4v) is 4.92. The van der Waals surface area contributed by atoms with Crippen LogP contribution >= 0.6 is 0 Å². The molecule has 4 aromatic rings. The van der Waals surface area contributed by atoms with Crippen LogP contribution in [0.25, 0.3) is 28.1 Å². The Hall–Kier alpha value is -3.97. The Morgan fingerprint density at radius 2 is 1.71 bits per heavy atom. The second-order valence-electron chi connectivity index (χ2n) is 9.85. The normalized spacial score (nSPS) is 13.9. The van der Waals surface area contributed by atoms with E-state index in [-0.39, 0.29) is 5.56 Å². The molecule has 0 amide bonds. The lowest BCUT2D eigenvalue weighted by Crippen LogP contribution is -2.26. The highest BCUT2D eigenvalue weighted by Crippen LogP contribution is 2.30. The van der Waals surface area contributed by atoms with Crippen molar-refractivity contribution in [2.24, 2.45) is 0 Å². The van der Waals surface area contributed by atoms with E-state index < -0.39 is 5.97 Å². The number of piperidine rings is 1. The molecule has 1 fully saturated rings. The number of ether oxygens (including phenoxy) is 1. The number of aromatic nitrogens is 3. The maximum atomic E-state index is 11.9. The molecule has 0 atom stereocenters. The maximum Gasteiger partial charge on any atom is 0.335 e. The van der Waals surface area contributed by atoms with Crippen LogP contribution in [0, 0.1) is 0 Å². The van der Waals surface area contributed by atoms with Gasteiger partial charge in [0.1, 0.15) is 11.4 Å². The molecule has 0 unspecified atom stereocenters. The molecule has 0 aliphatic carbocycles. The number of carboxylic acids is 1. The van der Waals surface area contributed by atoms with Gasteiger partial charge >= 0.3 is 5.97 Å². The summed E-state index contributed by atoms with van der Waals surface area (Å²) in [5.74, 6) is 0.429. The highest BCUT2D eigenvalue weighted by atomic mass is 16.5. The van der Waals surface area contributed by atoms with E-state index in [9.17, 15) is 9.90 Å². The van der Waals surface area contributed by atoms with Gasteiger partial charge in [0.2, 0.25) is 0 Å². The van der Waals surface area contributed by atoms with Crippen LogP contribution in [0.1, 0.15) is 60.9 Å². The molecule has 7 heteroatoms. The van der Waals surface area contributed by atoms with E-state index in [1.54, 1.807) is 16.8 Å². The molecule has 5 rings (SSSR count). The van der Waals surface area contributed by atoms with Crippen molar-refractivity contribution in [2.75, 3.05) is 19.7 Å². The first kappa shape index (κ1) is 25.7. The standard InChI is InChI=1S/C31H34N4O3/c1-2-3-4-17-38-29-11-9-25(10-12-29)30-21-35(34-33-30)28-19-26(18-27(20-28)31(36)37)23-7-5-22(6-8-23)24-13-15-32-16-14-24/h5-12,18-21,24,32H,2-4,13-17H2,1H3,(H,36,37). The topological polar surface area (TPSA) is 89.3 Å². The van der Waals surface area contributed by atoms with E-state index in [0.717, 1.165) is 61.2 Å². The van der Waals surface area contributed by atoms with Gasteiger partial charge in [-0.3, -0.25) is 0 Å². The summed E-state index contributed by atoms with van der Waals surface area (Å²) in [5.41, 5.74) is 5.62. The predicted molar refractivity (Wildman–Crippen MR) is 149 cm³/mol. The van der Waals surface area contributed by atoms with Gasteiger partial charge in [-0.1, -0.05) is 49.2 Å². The molecule has 38 heavy (non-hydrogen) atoms. The van der Waals surface area contributed by atoms with Crippen LogP contribution in [-0.2, 0) is 0 Å². The summed E-state index contributed by atoms with van der Waals surface area (Å²) in [4.78, 5) is 11.9. The summed E-state index contributed by atoms with van der Waals surface area (Å²) < 4.78 is 7.44. The van der Waals surface area contributed by atoms with E-state index in [1.165, 1.54) is 12.0 Å². The minimum absolute atomic E-state index is 0.210. The molecular formula is C31H34N4O3. The summed E-state index contributed by atoms with van der Waals surface area (Å²) in [6, 6.07) is 21.6. The highest BCUT2D eigenvalue weighted by molar-refractivity contribution is 5.90. The molecule has 2 N–H and O–H groups in total. The summed E-state index contributed by atoms with van der Waals surface area (Å²) in [6.07, 6.45) is 7.48. The Kier molecular flexibility index (Phi) is 8.14. The van der Waals surface area contributed by atoms with Gasteiger partial charge in [-0.15, -0.1) is 5.10 Å². The number of aromatic carboxylic acids is 1. The number of nitrogens with zero attached hydrogens (tertiary/aromatic N) is 3. The molecule has 0 saturated carbocycles. The van der Waals surface area contributed by atoms with Crippen LogP contribution in [0.5, 0.6) is 5.75 Å². The lowest BCUT2D eigenvalue weighted by atomic mass is 9.89. The van der Waals surface area contributed by atoms with Gasteiger partial charge in [0, 0.05) is 5.56 Å². The molecule has 0 spiro atoms. The fourth-order valence-electron chi connectivity index (χ4n) is 4.92. The largest absolute Gasteiger partial charge is 0.494 e. The van der Waals surface area contributed by atoms with E-state index in [0.29, 0.717) is 23.9 Å². The number of carboxylic acid groups (broad SMARTS) is 1. The van der Waals surface area contributed by atoms with Crippen LogP contribution in [0.3, 0.4) is 0 Å². The van der Waals surface area contributed by atoms with Crippen molar-refractivity contribution >= 4 is 5.97 Å². The third-order valence-corrected chi connectivity index (χ3v) is 7.14. The first-order chi connectivity index (χ1) is 18.6. The second-order valence-corrected chi connectivity index (χ2v) is 9.85. The van der Waals surface area contributed by atoms with Crippen LogP contribution < -0.4 is 10.1 Å². The van der Waals surface area contributed by atoms with Crippen molar-refractivity contribution in [2.45, 2.75) is 44.9 Å². The molecule has 0 radical (unpaired) electrons. The van der Waals surface area contributed by atoms with E-state index in [1.807, 2.05) is 36.5 Å². The van der Waals surface area contributed by atoms with Gasteiger partial charge in [0.25, 0.3) is 0 Å². The summed E-state index contributed by atoms with van der Waals surface area (Å²) in [6.45, 7) is 4.99. The molecule has 1 saturated heterocycles. The Bertz CT molecular complexity index is 1360. The molecule has 7 nitrogen and oxygen atoms in total. The number of nitrogens with one attached hydrogen (secondary N) is 1. The molecule has 1 aliphatic rings. The SMILES string of the molecule is CCCCCOc1ccc(-c2cn(-c3cc(C(=O)O)cc(-c4ccc(C5CCNCC5)cc4)c3)nn2)cc1. The van der Waals surface area contributed by atoms with E-state index in [4.69, 9.17) is 4.74 Å². The smallest absolute Gasteiger partial charge is 0.335 e. The molecular weight excluding hydrogens is 476 g/mol. The zero-order chi connectivity index (χ0) is 26.3. The van der Waals surface area contributed by atoms with Crippen molar-refractivity contribution in [3.63, 3.8) is 0 Å². The minimum Gasteiger partial charge on any atom is -0.494 e. The summed E-state index contributed by atoms with van der Waals surface area (Å²) >= 11 is 0. The predicted octanol–water partition coefficient (Wildman–Crippen LogP) is 6.34. The number of hydrogen-bond donors (Lipinski definition) is 2. The van der Waals surface area contributed by atoms with Gasteiger partial charge in [0.15, 0.2) is 0 Å². The first-order valence-corrected chi connectivity index (χ1v) is 13.5. The number of unbranched alkanes of at least 4 members (excludes halogenated alkanes) is 2. The molecule has 0 bridgehead atoms. The van der Waals surface area contributed by atoms with Crippen molar-refractivity contribution in [3.05, 3.63) is 84.1 Å². The van der Waals surface area contributed by atoms with Crippen LogP contribution in [0.2, 0.25) is 0 Å². The lowest BCUT2D eigenvalue weighted by molar-refractivity contribution is 0.0697. The zero-order valence-corrected chi connectivity index (χ0v) is 21.8. The highest BCUT2D eigenvalue weighted by Gasteiger charge is 2.16. The van der Waals surface area contributed by atoms with Crippen LogP contribution in [-0.4, -0.2) is 45.8 Å². The maximum absolute atomic E-state index is 11.9. The van der Waals surface area contributed by atoms with E-state index in [2.05, 4.69) is 46.8 Å². The summed E-state index contributed by atoms with van der Waals surface area (Å²) in [7, 11) is 0. The second kappa shape index (κ2) is 12.0. The Labute approximate surface area is 223 Å². The van der Waals surface area contributed by atoms with Gasteiger partial charge < -0.3 is 15.2 Å². The monoisotopic (exact) mass is 510 g/mol. The number of carbonyl (C=O) groups is 1. The molecule has 2 heterocycles. The fraction of sp³-hybridized carbons (Fsp3) is 0.323. The number of benzene rings is 3. The van der Waals surface area contributed by atoms with Gasteiger partial charge in [-0.25, -0.2) is 9.48 Å². The molecule has 3 aromatic carbocycles. The Morgan fingerprint density at radius 1 is 0.974 bits per heavy atom. The number of hydrogen-bond acceptors (Lipinski definition) is 5. The zero-order valence-electron chi connectivity index (χ0n) is 21.8. The van der Waals surface area contributed by atoms with Gasteiger partial charge in [-0.05, 0) is 97.4 Å². The molecule has 196 valence electrons. The number of rotatable bonds is 10. The third kappa shape index (κ3) is 6.11. The Morgan fingerprint density at radius 3 is 2.42 bits per heavy atom. The molecule has 1 aromatic heterocycles. The van der Waals surface area contributed by atoms with Crippen LogP contribution in [0.15, 0.2) is 72.9 Å². The van der Waals surface area contributed by atoms with Crippen molar-refractivity contribution in [1.29, 1.82) is 0 Å². The quantitative estimate of drug-likeness (QED) is 0.242. The first-order valence-electron chi connectivity index (χ1n) is 13.5. The van der Waals surface area contributed by atoms with Crippen molar-refractivity contribution in [1.82, 2.24) is 20.3 Å². The molecule has 1 aliphatic heterocycles. The lowest BCUT2D eigenvalue weighted by Gasteiger charge is -2.23.